The SMILES string of the molecule is Clc1ccc2c(c1)N=C(N1CCN(CCCOc3ccccc3)CC1)c1ccccc1N2. The van der Waals surface area contributed by atoms with Crippen molar-refractivity contribution in [2.75, 3.05) is 44.6 Å². The first-order chi connectivity index (χ1) is 15.8. The van der Waals surface area contributed by atoms with Crippen LogP contribution < -0.4 is 10.1 Å². The minimum Gasteiger partial charge on any atom is -0.494 e. The molecule has 5 rings (SSSR count). The summed E-state index contributed by atoms with van der Waals surface area (Å²) in [6.45, 7) is 5.72. The summed E-state index contributed by atoms with van der Waals surface area (Å²) in [5.41, 5.74) is 4.07. The van der Waals surface area contributed by atoms with Gasteiger partial charge in [0.05, 0.1) is 18.0 Å². The fourth-order valence-electron chi connectivity index (χ4n) is 4.23. The lowest BCUT2D eigenvalue weighted by Gasteiger charge is -2.36. The van der Waals surface area contributed by atoms with Crippen LogP contribution in [0.2, 0.25) is 5.02 Å². The van der Waals surface area contributed by atoms with Gasteiger partial charge < -0.3 is 15.0 Å². The maximum absolute atomic E-state index is 6.27. The smallest absolute Gasteiger partial charge is 0.138 e. The molecule has 2 aliphatic rings. The zero-order valence-electron chi connectivity index (χ0n) is 18.0. The summed E-state index contributed by atoms with van der Waals surface area (Å²) < 4.78 is 5.84. The first kappa shape index (κ1) is 20.9. The van der Waals surface area contributed by atoms with E-state index in [0.717, 1.165) is 80.0 Å². The van der Waals surface area contributed by atoms with Gasteiger partial charge in [0.2, 0.25) is 0 Å². The van der Waals surface area contributed by atoms with E-state index >= 15 is 0 Å². The molecule has 0 bridgehead atoms. The van der Waals surface area contributed by atoms with Gasteiger partial charge in [0.1, 0.15) is 11.6 Å². The van der Waals surface area contributed by atoms with Gasteiger partial charge in [-0.1, -0.05) is 41.9 Å². The second-order valence-corrected chi connectivity index (χ2v) is 8.55. The molecule has 5 nitrogen and oxygen atoms in total. The van der Waals surface area contributed by atoms with E-state index in [1.165, 1.54) is 0 Å². The summed E-state index contributed by atoms with van der Waals surface area (Å²) in [6, 6.07) is 24.2. The summed E-state index contributed by atoms with van der Waals surface area (Å²) >= 11 is 6.27. The highest BCUT2D eigenvalue weighted by atomic mass is 35.5. The van der Waals surface area contributed by atoms with Gasteiger partial charge >= 0.3 is 0 Å². The average Bonchev–Trinajstić information content (AvgIpc) is 2.99. The van der Waals surface area contributed by atoms with Crippen molar-refractivity contribution < 1.29 is 4.74 Å². The number of rotatable bonds is 5. The van der Waals surface area contributed by atoms with Gasteiger partial charge in [-0.2, -0.15) is 0 Å². The Hall–Kier alpha value is -3.02. The Morgan fingerprint density at radius 3 is 2.50 bits per heavy atom. The van der Waals surface area contributed by atoms with Gasteiger partial charge in [0, 0.05) is 49.0 Å². The molecule has 1 fully saturated rings. The lowest BCUT2D eigenvalue weighted by atomic mass is 10.1. The third-order valence-corrected chi connectivity index (χ3v) is 6.16. The van der Waals surface area contributed by atoms with Crippen LogP contribution in [-0.4, -0.2) is 55.0 Å². The normalized spacial score (nSPS) is 15.8. The molecule has 1 saturated heterocycles. The number of amidine groups is 1. The molecule has 0 unspecified atom stereocenters. The molecule has 1 N–H and O–H groups in total. The van der Waals surface area contributed by atoms with Gasteiger partial charge in [0.25, 0.3) is 0 Å². The number of fused-ring (bicyclic) bond motifs is 2. The van der Waals surface area contributed by atoms with E-state index < -0.39 is 0 Å². The van der Waals surface area contributed by atoms with Crippen LogP contribution in [0, 0.1) is 0 Å². The van der Waals surface area contributed by atoms with E-state index in [2.05, 4.69) is 39.4 Å². The van der Waals surface area contributed by atoms with Crippen LogP contribution in [0.15, 0.2) is 77.8 Å². The first-order valence-electron chi connectivity index (χ1n) is 11.2. The van der Waals surface area contributed by atoms with Crippen LogP contribution in [0.4, 0.5) is 17.1 Å². The molecule has 3 aromatic carbocycles. The van der Waals surface area contributed by atoms with Crippen molar-refractivity contribution >= 4 is 34.5 Å². The molecular formula is C26H27ClN4O. The topological polar surface area (TPSA) is 40.1 Å². The Morgan fingerprint density at radius 1 is 0.875 bits per heavy atom. The fraction of sp³-hybridized carbons (Fsp3) is 0.269. The minimum atomic E-state index is 0.696. The molecule has 2 heterocycles. The molecule has 0 amide bonds. The Morgan fingerprint density at radius 2 is 1.66 bits per heavy atom. The van der Waals surface area contributed by atoms with Crippen molar-refractivity contribution in [1.82, 2.24) is 9.80 Å². The Bertz CT molecular complexity index is 1090. The van der Waals surface area contributed by atoms with Crippen LogP contribution >= 0.6 is 11.6 Å². The van der Waals surface area contributed by atoms with Crippen LogP contribution in [0.1, 0.15) is 12.0 Å². The van der Waals surface area contributed by atoms with Crippen LogP contribution in [0.5, 0.6) is 5.75 Å². The van der Waals surface area contributed by atoms with Gasteiger partial charge in [-0.15, -0.1) is 0 Å². The largest absolute Gasteiger partial charge is 0.494 e. The highest BCUT2D eigenvalue weighted by Gasteiger charge is 2.24. The van der Waals surface area contributed by atoms with E-state index in [1.807, 2.05) is 48.5 Å². The number of ether oxygens (including phenoxy) is 1. The van der Waals surface area contributed by atoms with Crippen molar-refractivity contribution in [3.63, 3.8) is 0 Å². The van der Waals surface area contributed by atoms with Crippen molar-refractivity contribution in [3.8, 4) is 5.75 Å². The number of hydrogen-bond acceptors (Lipinski definition) is 5. The highest BCUT2D eigenvalue weighted by molar-refractivity contribution is 6.31. The molecular weight excluding hydrogens is 420 g/mol. The predicted molar refractivity (Wildman–Crippen MR) is 132 cm³/mol. The van der Waals surface area contributed by atoms with E-state index in [1.54, 1.807) is 0 Å². The molecule has 0 aromatic heterocycles. The number of piperazine rings is 1. The van der Waals surface area contributed by atoms with Gasteiger partial charge in [-0.25, -0.2) is 4.99 Å². The van der Waals surface area contributed by atoms with Gasteiger partial charge in [-0.05, 0) is 48.9 Å². The van der Waals surface area contributed by atoms with E-state index in [-0.39, 0.29) is 0 Å². The summed E-state index contributed by atoms with van der Waals surface area (Å²) in [4.78, 5) is 9.96. The van der Waals surface area contributed by atoms with Crippen LogP contribution in [0.25, 0.3) is 0 Å². The third kappa shape index (κ3) is 4.74. The van der Waals surface area contributed by atoms with Crippen LogP contribution in [0.3, 0.4) is 0 Å². The Labute approximate surface area is 194 Å². The second-order valence-electron chi connectivity index (χ2n) is 8.11. The molecule has 164 valence electrons. The number of hydrogen-bond donors (Lipinski definition) is 1. The molecule has 0 saturated carbocycles. The summed E-state index contributed by atoms with van der Waals surface area (Å²) in [7, 11) is 0. The third-order valence-electron chi connectivity index (χ3n) is 5.93. The van der Waals surface area contributed by atoms with Crippen molar-refractivity contribution in [2.45, 2.75) is 6.42 Å². The molecule has 32 heavy (non-hydrogen) atoms. The Balaban J connectivity index is 1.23. The van der Waals surface area contributed by atoms with E-state index in [0.29, 0.717) is 5.02 Å². The van der Waals surface area contributed by atoms with Crippen molar-refractivity contribution in [1.29, 1.82) is 0 Å². The van der Waals surface area contributed by atoms with E-state index in [4.69, 9.17) is 21.3 Å². The second kappa shape index (κ2) is 9.63. The fourth-order valence-corrected chi connectivity index (χ4v) is 4.40. The number of nitrogens with zero attached hydrogens (tertiary/aromatic N) is 3. The molecule has 0 atom stereocenters. The predicted octanol–water partition coefficient (Wildman–Crippen LogP) is 5.56. The maximum Gasteiger partial charge on any atom is 0.138 e. The van der Waals surface area contributed by atoms with Crippen molar-refractivity contribution in [2.24, 2.45) is 4.99 Å². The number of para-hydroxylation sites is 2. The lowest BCUT2D eigenvalue weighted by molar-refractivity contribution is 0.170. The maximum atomic E-state index is 6.27. The van der Waals surface area contributed by atoms with Gasteiger partial charge in [0.15, 0.2) is 0 Å². The quantitative estimate of drug-likeness (QED) is 0.521. The van der Waals surface area contributed by atoms with Crippen molar-refractivity contribution in [3.05, 3.63) is 83.4 Å². The molecule has 0 radical (unpaired) electrons. The molecule has 0 spiro atoms. The Kier molecular flexibility index (Phi) is 6.28. The number of nitrogens with one attached hydrogen (secondary N) is 1. The monoisotopic (exact) mass is 446 g/mol. The number of aliphatic imine (C=N–C) groups is 1. The zero-order chi connectivity index (χ0) is 21.8. The summed E-state index contributed by atoms with van der Waals surface area (Å²) in [6.07, 6.45) is 1.02. The molecule has 3 aromatic rings. The van der Waals surface area contributed by atoms with Crippen LogP contribution in [-0.2, 0) is 0 Å². The van der Waals surface area contributed by atoms with Gasteiger partial charge in [-0.3, -0.25) is 4.90 Å². The summed E-state index contributed by atoms with van der Waals surface area (Å²) in [5.74, 6) is 1.96. The molecule has 2 aliphatic heterocycles. The average molecular weight is 447 g/mol. The number of halogens is 1. The number of benzene rings is 3. The first-order valence-corrected chi connectivity index (χ1v) is 11.5. The lowest BCUT2D eigenvalue weighted by Crippen LogP contribution is -2.49. The van der Waals surface area contributed by atoms with E-state index in [9.17, 15) is 0 Å². The highest BCUT2D eigenvalue weighted by Crippen LogP contribution is 2.36. The zero-order valence-corrected chi connectivity index (χ0v) is 18.8. The molecule has 0 aliphatic carbocycles. The number of anilines is 2. The summed E-state index contributed by atoms with van der Waals surface area (Å²) in [5, 5.41) is 4.23. The standard InChI is InChI=1S/C26H27ClN4O/c27-20-11-12-24-25(19-20)29-26(22-9-4-5-10-23(22)28-24)31-16-14-30(15-17-31)13-6-18-32-21-7-2-1-3-8-21/h1-5,7-12,19,28H,6,13-18H2. The molecule has 6 heteroatoms. The minimum absolute atomic E-state index is 0.696.